The molecule has 0 amide bonds. The molecule has 0 N–H and O–H groups in total. The first-order chi connectivity index (χ1) is 12.8. The summed E-state index contributed by atoms with van der Waals surface area (Å²) in [5.74, 6) is 0. The number of aromatic nitrogens is 3. The van der Waals surface area contributed by atoms with Gasteiger partial charge in [0.05, 0.1) is 16.9 Å². The minimum atomic E-state index is 0. The van der Waals surface area contributed by atoms with Gasteiger partial charge in [0.25, 0.3) is 0 Å². The van der Waals surface area contributed by atoms with Crippen molar-refractivity contribution in [2.24, 2.45) is 4.99 Å². The Morgan fingerprint density at radius 2 is 2.15 bits per heavy atom. The molecule has 26 heavy (non-hydrogen) atoms. The lowest BCUT2D eigenvalue weighted by atomic mass is 9.95. The minimum Gasteiger partial charge on any atom is -0.293 e. The first kappa shape index (κ1) is 16.3. The van der Waals surface area contributed by atoms with E-state index in [-0.39, 0.29) is 1.43 Å². The van der Waals surface area contributed by atoms with Crippen molar-refractivity contribution in [3.63, 3.8) is 0 Å². The molecule has 0 saturated carbocycles. The molecule has 130 valence electrons. The molecule has 4 heteroatoms. The number of nitrogens with zero attached hydrogens (tertiary/aromatic N) is 4. The van der Waals surface area contributed by atoms with E-state index in [0.717, 1.165) is 46.4 Å². The van der Waals surface area contributed by atoms with Gasteiger partial charge in [-0.25, -0.2) is 9.97 Å². The van der Waals surface area contributed by atoms with Gasteiger partial charge in [-0.05, 0) is 43.2 Å². The van der Waals surface area contributed by atoms with Crippen LogP contribution in [0, 0.1) is 0 Å². The van der Waals surface area contributed by atoms with Crippen LogP contribution in [0.5, 0.6) is 0 Å². The summed E-state index contributed by atoms with van der Waals surface area (Å²) in [6.07, 6.45) is 10.5. The van der Waals surface area contributed by atoms with Crippen LogP contribution in [0.2, 0.25) is 0 Å². The second-order valence-corrected chi connectivity index (χ2v) is 6.15. The molecule has 0 saturated heterocycles. The zero-order chi connectivity index (χ0) is 17.9. The fourth-order valence-electron chi connectivity index (χ4n) is 3.35. The Bertz CT molecular complexity index is 1070. The smallest absolute Gasteiger partial charge is 0.116 e. The fraction of sp³-hybridized carbons (Fsp3) is 0.182. The monoisotopic (exact) mass is 342 g/mol. The van der Waals surface area contributed by atoms with Crippen LogP contribution in [0.4, 0.5) is 0 Å². The largest absolute Gasteiger partial charge is 0.293 e. The maximum Gasteiger partial charge on any atom is 0.116 e. The van der Waals surface area contributed by atoms with Crippen LogP contribution in [0.15, 0.2) is 60.0 Å². The summed E-state index contributed by atoms with van der Waals surface area (Å²) in [6, 6.07) is 10.5. The lowest BCUT2D eigenvalue weighted by molar-refractivity contribution is 1.05. The average molecular weight is 342 g/mol. The Balaban J connectivity index is 0.00000210. The first-order valence-electron chi connectivity index (χ1n) is 8.88. The molecule has 0 atom stereocenters. The second-order valence-electron chi connectivity index (χ2n) is 6.15. The number of aliphatic imine (C=N–C) groups is 1. The molecule has 0 radical (unpaired) electrons. The Labute approximate surface area is 154 Å². The molecular weight excluding hydrogens is 320 g/mol. The molecule has 0 spiro atoms. The molecule has 4 rings (SSSR count). The van der Waals surface area contributed by atoms with Gasteiger partial charge >= 0.3 is 0 Å². The lowest BCUT2D eigenvalue weighted by Crippen LogP contribution is -2.02. The van der Waals surface area contributed by atoms with Gasteiger partial charge in [-0.1, -0.05) is 24.3 Å². The van der Waals surface area contributed by atoms with Crippen molar-refractivity contribution < 1.29 is 1.43 Å². The van der Waals surface area contributed by atoms with E-state index in [2.05, 4.69) is 56.4 Å². The molecule has 0 fully saturated rings. The third-order valence-corrected chi connectivity index (χ3v) is 4.61. The summed E-state index contributed by atoms with van der Waals surface area (Å²) in [6.45, 7) is 4.80. The van der Waals surface area contributed by atoms with Crippen LogP contribution < -0.4 is 0 Å². The lowest BCUT2D eigenvalue weighted by Gasteiger charge is -2.12. The molecule has 1 aromatic carbocycles. The molecule has 0 aliphatic heterocycles. The number of hydrogen-bond donors (Lipinski definition) is 0. The van der Waals surface area contributed by atoms with Gasteiger partial charge in [-0.2, -0.15) is 0 Å². The van der Waals surface area contributed by atoms with E-state index in [1.54, 1.807) is 6.33 Å². The number of hydrogen-bond acceptors (Lipinski definition) is 4. The molecule has 0 bridgehead atoms. The van der Waals surface area contributed by atoms with E-state index in [0.29, 0.717) is 0 Å². The van der Waals surface area contributed by atoms with Crippen LogP contribution in [0.25, 0.3) is 22.0 Å². The highest BCUT2D eigenvalue weighted by Gasteiger charge is 2.23. The minimum absolute atomic E-state index is 0. The zero-order valence-electron chi connectivity index (χ0n) is 15.0. The highest BCUT2D eigenvalue weighted by Crippen LogP contribution is 2.36. The van der Waals surface area contributed by atoms with Gasteiger partial charge in [0.2, 0.25) is 0 Å². The molecule has 4 nitrogen and oxygen atoms in total. The van der Waals surface area contributed by atoms with Crippen LogP contribution in [-0.4, -0.2) is 27.7 Å². The van der Waals surface area contributed by atoms with Crippen LogP contribution in [-0.2, 0) is 6.42 Å². The number of rotatable bonds is 4. The third-order valence-electron chi connectivity index (χ3n) is 4.61. The van der Waals surface area contributed by atoms with E-state index >= 15 is 0 Å². The van der Waals surface area contributed by atoms with Crippen molar-refractivity contribution in [3.05, 3.63) is 77.5 Å². The molecule has 1 aliphatic rings. The zero-order valence-corrected chi connectivity index (χ0v) is 15.0. The van der Waals surface area contributed by atoms with E-state index in [1.807, 2.05) is 32.3 Å². The quantitative estimate of drug-likeness (QED) is 0.643. The average Bonchev–Trinajstić information content (AvgIpc) is 3.13. The molecule has 2 heterocycles. The van der Waals surface area contributed by atoms with Gasteiger partial charge in [-0.15, -0.1) is 0 Å². The predicted molar refractivity (Wildman–Crippen MR) is 109 cm³/mol. The summed E-state index contributed by atoms with van der Waals surface area (Å²) in [5.41, 5.74) is 7.52. The Hall–Kier alpha value is -3.14. The third kappa shape index (κ3) is 2.84. The van der Waals surface area contributed by atoms with Crippen molar-refractivity contribution in [1.82, 2.24) is 15.0 Å². The van der Waals surface area contributed by atoms with Gasteiger partial charge in [0.1, 0.15) is 6.33 Å². The number of benzene rings is 1. The van der Waals surface area contributed by atoms with Crippen LogP contribution >= 0.6 is 0 Å². The van der Waals surface area contributed by atoms with Crippen molar-refractivity contribution >= 4 is 28.3 Å². The topological polar surface area (TPSA) is 51.0 Å². The van der Waals surface area contributed by atoms with Gasteiger partial charge < -0.3 is 0 Å². The van der Waals surface area contributed by atoms with Crippen molar-refractivity contribution in [2.75, 3.05) is 6.54 Å². The van der Waals surface area contributed by atoms with Gasteiger partial charge in [0, 0.05) is 43.3 Å². The van der Waals surface area contributed by atoms with E-state index in [9.17, 15) is 0 Å². The predicted octanol–water partition coefficient (Wildman–Crippen LogP) is 4.75. The Kier molecular flexibility index (Phi) is 4.40. The normalized spacial score (nSPS) is 14.1. The summed E-state index contributed by atoms with van der Waals surface area (Å²) < 4.78 is 0. The van der Waals surface area contributed by atoms with E-state index < -0.39 is 0 Å². The molecular formula is C22H22N4. The standard InChI is InChI=1S/C22H20N4.H2/c1-3-15(13-23-4-2)22-21-18(8-10-20(21)25-14-26-22)16-7-9-19-17(12-16)6-5-11-24-19;/h3,5-9,11-14H,4,10H2,1-2H3;1H/b15-3+,23-13?;. The van der Waals surface area contributed by atoms with E-state index in [4.69, 9.17) is 0 Å². The summed E-state index contributed by atoms with van der Waals surface area (Å²) in [5, 5.41) is 1.14. The molecule has 0 unspecified atom stereocenters. The number of pyridine rings is 1. The second kappa shape index (κ2) is 7.00. The molecule has 3 aromatic rings. The Morgan fingerprint density at radius 1 is 1.23 bits per heavy atom. The summed E-state index contributed by atoms with van der Waals surface area (Å²) in [7, 11) is 0. The number of fused-ring (bicyclic) bond motifs is 2. The van der Waals surface area contributed by atoms with Crippen molar-refractivity contribution in [1.29, 1.82) is 0 Å². The highest BCUT2D eigenvalue weighted by atomic mass is 14.9. The summed E-state index contributed by atoms with van der Waals surface area (Å²) >= 11 is 0. The highest BCUT2D eigenvalue weighted by molar-refractivity contribution is 6.11. The SMILES string of the molecule is C/C=C(\C=NCC)c1ncnc2c1C(c1ccc3ncccc3c1)=CC2.[HH]. The van der Waals surface area contributed by atoms with E-state index in [1.165, 1.54) is 11.1 Å². The first-order valence-corrected chi connectivity index (χ1v) is 8.88. The fourth-order valence-corrected chi connectivity index (χ4v) is 3.35. The van der Waals surface area contributed by atoms with Crippen LogP contribution in [0.3, 0.4) is 0 Å². The van der Waals surface area contributed by atoms with Gasteiger partial charge in [0.15, 0.2) is 0 Å². The summed E-state index contributed by atoms with van der Waals surface area (Å²) in [4.78, 5) is 17.9. The van der Waals surface area contributed by atoms with Crippen molar-refractivity contribution in [2.45, 2.75) is 20.3 Å². The van der Waals surface area contributed by atoms with Crippen molar-refractivity contribution in [3.8, 4) is 0 Å². The maximum atomic E-state index is 4.59. The van der Waals surface area contributed by atoms with Crippen LogP contribution in [0.1, 0.15) is 37.8 Å². The Morgan fingerprint density at radius 3 is 3.00 bits per heavy atom. The molecule has 1 aliphatic carbocycles. The maximum absolute atomic E-state index is 4.59. The number of allylic oxidation sites excluding steroid dienone is 3. The van der Waals surface area contributed by atoms with Gasteiger partial charge in [-0.3, -0.25) is 9.98 Å². The molecule has 2 aromatic heterocycles.